The highest BCUT2D eigenvalue weighted by Gasteiger charge is 2.38. The molecule has 1 aromatic rings. The second-order valence-electron chi connectivity index (χ2n) is 5.11. The molecule has 0 aliphatic carbocycles. The molecular formula is C13H18N2O2. The van der Waals surface area contributed by atoms with E-state index in [1.54, 1.807) is 17.0 Å². The summed E-state index contributed by atoms with van der Waals surface area (Å²) in [5, 5.41) is 9.23. The maximum Gasteiger partial charge on any atom is 0.232 e. The van der Waals surface area contributed by atoms with E-state index in [0.717, 1.165) is 5.56 Å². The van der Waals surface area contributed by atoms with Gasteiger partial charge in [-0.15, -0.1) is 0 Å². The molecule has 0 radical (unpaired) electrons. The van der Waals surface area contributed by atoms with Gasteiger partial charge in [0.1, 0.15) is 0 Å². The summed E-state index contributed by atoms with van der Waals surface area (Å²) < 4.78 is 0. The summed E-state index contributed by atoms with van der Waals surface area (Å²) in [5.74, 6) is 0.0487. The van der Waals surface area contributed by atoms with Gasteiger partial charge in [0.05, 0.1) is 11.5 Å². The molecule has 1 aliphatic heterocycles. The topological polar surface area (TPSA) is 66.6 Å². The molecule has 0 spiro atoms. The third-order valence-corrected chi connectivity index (χ3v) is 3.32. The van der Waals surface area contributed by atoms with E-state index < -0.39 is 5.41 Å². The van der Waals surface area contributed by atoms with Crippen molar-refractivity contribution in [1.82, 2.24) is 4.90 Å². The number of hydrogen-bond acceptors (Lipinski definition) is 3. The Kier molecular flexibility index (Phi) is 2.83. The van der Waals surface area contributed by atoms with Crippen LogP contribution in [-0.4, -0.2) is 35.1 Å². The summed E-state index contributed by atoms with van der Waals surface area (Å²) >= 11 is 0. The number of nitrogens with zero attached hydrogens (tertiary/aromatic N) is 1. The Labute approximate surface area is 101 Å². The Balaban J connectivity index is 2.17. The first-order valence-corrected chi connectivity index (χ1v) is 5.74. The first-order valence-electron chi connectivity index (χ1n) is 5.74. The average Bonchev–Trinajstić information content (AvgIpc) is 2.24. The van der Waals surface area contributed by atoms with Gasteiger partial charge >= 0.3 is 0 Å². The molecule has 92 valence electrons. The lowest BCUT2D eigenvalue weighted by Crippen LogP contribution is -2.57. The molecule has 1 fully saturated rings. The smallest absolute Gasteiger partial charge is 0.232 e. The molecule has 1 saturated heterocycles. The number of likely N-dealkylation sites (tertiary alicyclic amines) is 1. The number of benzene rings is 1. The molecule has 0 saturated carbocycles. The van der Waals surface area contributed by atoms with Crippen molar-refractivity contribution in [3.63, 3.8) is 0 Å². The minimum absolute atomic E-state index is 0.0487. The van der Waals surface area contributed by atoms with Crippen molar-refractivity contribution in [2.24, 2.45) is 0 Å². The number of β-amino-alcohol motifs (C(OH)–C–C–N with tert-alkyl or cyclic N) is 1. The number of aliphatic hydroxyl groups excluding tert-OH is 1. The molecule has 17 heavy (non-hydrogen) atoms. The second-order valence-corrected chi connectivity index (χ2v) is 5.11. The van der Waals surface area contributed by atoms with Gasteiger partial charge in [-0.2, -0.15) is 0 Å². The van der Waals surface area contributed by atoms with Crippen molar-refractivity contribution in [3.8, 4) is 0 Å². The number of rotatable bonds is 2. The number of aliphatic hydroxyl groups is 1. The Morgan fingerprint density at radius 1 is 1.35 bits per heavy atom. The van der Waals surface area contributed by atoms with Crippen LogP contribution in [-0.2, 0) is 10.2 Å². The zero-order valence-corrected chi connectivity index (χ0v) is 10.2. The molecule has 1 aromatic carbocycles. The molecular weight excluding hydrogens is 216 g/mol. The van der Waals surface area contributed by atoms with Crippen LogP contribution < -0.4 is 5.73 Å². The van der Waals surface area contributed by atoms with E-state index in [1.165, 1.54) is 0 Å². The molecule has 0 bridgehead atoms. The van der Waals surface area contributed by atoms with Crippen molar-refractivity contribution in [2.45, 2.75) is 25.4 Å². The highest BCUT2D eigenvalue weighted by Crippen LogP contribution is 2.28. The van der Waals surface area contributed by atoms with Gasteiger partial charge in [0.15, 0.2) is 0 Å². The molecule has 1 amide bonds. The third kappa shape index (κ3) is 2.13. The minimum atomic E-state index is -0.576. The van der Waals surface area contributed by atoms with Gasteiger partial charge in [-0.1, -0.05) is 12.1 Å². The number of amides is 1. The zero-order valence-electron chi connectivity index (χ0n) is 10.2. The molecule has 2 rings (SSSR count). The minimum Gasteiger partial charge on any atom is -0.399 e. The maximum atomic E-state index is 12.3. The standard InChI is InChI=1S/C13H18N2O2/c1-13(2,9-3-5-10(14)6-4-9)12(17)15-7-11(16)8-15/h3-6,11,16H,7-8,14H2,1-2H3. The van der Waals surface area contributed by atoms with E-state index in [2.05, 4.69) is 0 Å². The number of nitrogen functional groups attached to an aromatic ring is 1. The van der Waals surface area contributed by atoms with Crippen LogP contribution in [0, 0.1) is 0 Å². The van der Waals surface area contributed by atoms with Crippen molar-refractivity contribution >= 4 is 11.6 Å². The second kappa shape index (κ2) is 4.04. The fraction of sp³-hybridized carbons (Fsp3) is 0.462. The first kappa shape index (κ1) is 11.9. The first-order chi connectivity index (χ1) is 7.91. The van der Waals surface area contributed by atoms with Crippen molar-refractivity contribution in [3.05, 3.63) is 29.8 Å². The molecule has 0 atom stereocenters. The summed E-state index contributed by atoms with van der Waals surface area (Å²) in [6.07, 6.45) is -0.360. The number of carbonyl (C=O) groups excluding carboxylic acids is 1. The van der Waals surface area contributed by atoms with E-state index in [4.69, 9.17) is 5.73 Å². The highest BCUT2D eigenvalue weighted by atomic mass is 16.3. The Bertz CT molecular complexity index is 420. The van der Waals surface area contributed by atoms with Crippen LogP contribution >= 0.6 is 0 Å². The SMILES string of the molecule is CC(C)(C(=O)N1CC(O)C1)c1ccc(N)cc1. The predicted molar refractivity (Wildman–Crippen MR) is 66.5 cm³/mol. The molecule has 1 heterocycles. The fourth-order valence-electron chi connectivity index (χ4n) is 2.04. The van der Waals surface area contributed by atoms with E-state index >= 15 is 0 Å². The van der Waals surface area contributed by atoms with Crippen LogP contribution in [0.4, 0.5) is 5.69 Å². The Hall–Kier alpha value is -1.55. The fourth-order valence-corrected chi connectivity index (χ4v) is 2.04. The number of nitrogens with two attached hydrogens (primary N) is 1. The van der Waals surface area contributed by atoms with E-state index in [9.17, 15) is 9.90 Å². The Morgan fingerprint density at radius 3 is 2.35 bits per heavy atom. The lowest BCUT2D eigenvalue weighted by atomic mass is 9.82. The van der Waals surface area contributed by atoms with Crippen LogP contribution in [0.15, 0.2) is 24.3 Å². The van der Waals surface area contributed by atoms with Crippen molar-refractivity contribution < 1.29 is 9.90 Å². The van der Waals surface area contributed by atoms with E-state index in [0.29, 0.717) is 18.8 Å². The summed E-state index contributed by atoms with van der Waals surface area (Å²) in [7, 11) is 0. The quantitative estimate of drug-likeness (QED) is 0.742. The summed E-state index contributed by atoms with van der Waals surface area (Å²) in [6.45, 7) is 4.67. The Morgan fingerprint density at radius 2 is 1.88 bits per heavy atom. The third-order valence-electron chi connectivity index (χ3n) is 3.32. The van der Waals surface area contributed by atoms with Gasteiger partial charge in [-0.25, -0.2) is 0 Å². The van der Waals surface area contributed by atoms with Crippen molar-refractivity contribution in [2.75, 3.05) is 18.8 Å². The number of carbonyl (C=O) groups is 1. The van der Waals surface area contributed by atoms with Gasteiger partial charge in [0, 0.05) is 18.8 Å². The van der Waals surface area contributed by atoms with Crippen LogP contribution in [0.5, 0.6) is 0 Å². The van der Waals surface area contributed by atoms with Crippen LogP contribution in [0.2, 0.25) is 0 Å². The zero-order chi connectivity index (χ0) is 12.6. The monoisotopic (exact) mass is 234 g/mol. The maximum absolute atomic E-state index is 12.3. The lowest BCUT2D eigenvalue weighted by molar-refractivity contribution is -0.146. The lowest BCUT2D eigenvalue weighted by Gasteiger charge is -2.40. The van der Waals surface area contributed by atoms with Gasteiger partial charge in [0.2, 0.25) is 5.91 Å². The van der Waals surface area contributed by atoms with Crippen LogP contribution in [0.25, 0.3) is 0 Å². The normalized spacial score (nSPS) is 16.8. The van der Waals surface area contributed by atoms with E-state index in [-0.39, 0.29) is 12.0 Å². The molecule has 4 heteroatoms. The van der Waals surface area contributed by atoms with Crippen molar-refractivity contribution in [1.29, 1.82) is 0 Å². The molecule has 4 nitrogen and oxygen atoms in total. The summed E-state index contributed by atoms with van der Waals surface area (Å²) in [5.41, 5.74) is 6.69. The molecule has 3 N–H and O–H groups in total. The summed E-state index contributed by atoms with van der Waals surface area (Å²) in [6, 6.07) is 7.36. The molecule has 1 aliphatic rings. The molecule has 0 unspecified atom stereocenters. The van der Waals surface area contributed by atoms with E-state index in [1.807, 2.05) is 26.0 Å². The average molecular weight is 234 g/mol. The highest BCUT2D eigenvalue weighted by molar-refractivity contribution is 5.88. The number of hydrogen-bond donors (Lipinski definition) is 2. The van der Waals surface area contributed by atoms with Crippen LogP contribution in [0.3, 0.4) is 0 Å². The van der Waals surface area contributed by atoms with Gasteiger partial charge in [0.25, 0.3) is 0 Å². The summed E-state index contributed by atoms with van der Waals surface area (Å²) in [4.78, 5) is 13.9. The largest absolute Gasteiger partial charge is 0.399 e. The predicted octanol–water partition coefficient (Wildman–Crippen LogP) is 0.749. The number of anilines is 1. The van der Waals surface area contributed by atoms with Gasteiger partial charge < -0.3 is 15.7 Å². The molecule has 0 aromatic heterocycles. The van der Waals surface area contributed by atoms with Gasteiger partial charge in [-0.05, 0) is 31.5 Å². The van der Waals surface area contributed by atoms with Crippen LogP contribution in [0.1, 0.15) is 19.4 Å². The van der Waals surface area contributed by atoms with Gasteiger partial charge in [-0.3, -0.25) is 4.79 Å².